The maximum absolute atomic E-state index is 14.4. The summed E-state index contributed by atoms with van der Waals surface area (Å²) in [5.74, 6) is -2.03. The Morgan fingerprint density at radius 2 is 1.33 bits per heavy atom. The molecule has 2 aliphatic carbocycles. The highest BCUT2D eigenvalue weighted by Crippen LogP contribution is 2.43. The van der Waals surface area contributed by atoms with Crippen molar-refractivity contribution in [3.05, 3.63) is 11.8 Å². The first-order valence-corrected chi connectivity index (χ1v) is 17.8. The van der Waals surface area contributed by atoms with E-state index in [0.717, 1.165) is 0 Å². The number of rotatable bonds is 8. The van der Waals surface area contributed by atoms with Gasteiger partial charge in [0.15, 0.2) is 24.7 Å². The van der Waals surface area contributed by atoms with E-state index in [1.165, 1.54) is 13.8 Å². The third kappa shape index (κ3) is 7.80. The van der Waals surface area contributed by atoms with Crippen LogP contribution in [0, 0.1) is 11.8 Å². The minimum atomic E-state index is -1.84. The van der Waals surface area contributed by atoms with Gasteiger partial charge in [0.2, 0.25) is 0 Å². The molecule has 4 aliphatic heterocycles. The van der Waals surface area contributed by atoms with Gasteiger partial charge in [-0.2, -0.15) is 0 Å². The van der Waals surface area contributed by atoms with Crippen molar-refractivity contribution < 1.29 is 94.1 Å². The second-order valence-corrected chi connectivity index (χ2v) is 14.8. The molecule has 6 rings (SSSR count). The monoisotopic (exact) mass is 752 g/mol. The molecule has 0 aromatic carbocycles. The standard InChI is InChI=1S/C33H52O19/c1-10-19(37)23(41)26(44)31(46-10)48-14-7-15(36)18-16(8-14)49-28(12-3-5-13(35)6-4-12)29(22(18)40)51-33-30(25(43)21(39)17(9-34)50-33)52-32-27(45)24(42)20(38)11(2)47-32/h5,10-12,14-21,23-39,41-45H,3-4,6-9H2,1-2H3/t10-,11-,12?,14?,15?,16?,17+,18?,19-,20-,21+,23+,24+,25-,26+,27+,28?,29?,30+,31-,32-,33-/m0/s1. The average molecular weight is 753 g/mol. The lowest BCUT2D eigenvalue weighted by Crippen LogP contribution is -2.66. The fraction of sp³-hybridized carbons (Fsp3) is 0.909. The van der Waals surface area contributed by atoms with Crippen LogP contribution in [-0.2, 0) is 38.0 Å². The fourth-order valence-electron chi connectivity index (χ4n) is 8.11. The highest BCUT2D eigenvalue weighted by atomic mass is 16.8. The zero-order chi connectivity index (χ0) is 37.8. The molecular formula is C33H52O19. The van der Waals surface area contributed by atoms with Crippen LogP contribution in [-0.4, -0.2) is 191 Å². The van der Waals surface area contributed by atoms with Gasteiger partial charge >= 0.3 is 0 Å². The number of hydrogen-bond acceptors (Lipinski definition) is 19. The highest BCUT2D eigenvalue weighted by Gasteiger charge is 2.57. The Kier molecular flexibility index (Phi) is 12.6. The Balaban J connectivity index is 1.24. The Morgan fingerprint density at radius 3 is 1.90 bits per heavy atom. The molecule has 1 saturated carbocycles. The predicted octanol–water partition coefficient (Wildman–Crippen LogP) is -4.41. The summed E-state index contributed by atoms with van der Waals surface area (Å²) in [5, 5.41) is 115. The summed E-state index contributed by atoms with van der Waals surface area (Å²) in [4.78, 5) is 14.4. The molecule has 0 spiro atoms. The van der Waals surface area contributed by atoms with Gasteiger partial charge in [0.05, 0.1) is 54.9 Å². The van der Waals surface area contributed by atoms with E-state index in [1.54, 1.807) is 6.08 Å². The fourth-order valence-corrected chi connectivity index (χ4v) is 8.11. The lowest BCUT2D eigenvalue weighted by molar-refractivity contribution is -0.373. The number of allylic oxidation sites excluding steroid dienone is 2. The smallest absolute Gasteiger partial charge is 0.188 e. The van der Waals surface area contributed by atoms with Crippen LogP contribution in [0.25, 0.3) is 0 Å². The Labute approximate surface area is 298 Å². The molecule has 19 nitrogen and oxygen atoms in total. The third-order valence-corrected chi connectivity index (χ3v) is 11.3. The lowest BCUT2D eigenvalue weighted by Gasteiger charge is -2.51. The second kappa shape index (κ2) is 16.3. The van der Waals surface area contributed by atoms with Gasteiger partial charge in [-0.25, -0.2) is 0 Å². The largest absolute Gasteiger partial charge is 0.513 e. The van der Waals surface area contributed by atoms with E-state index in [4.69, 9.17) is 33.2 Å². The Hall–Kier alpha value is -1.47. The molecule has 0 bridgehead atoms. The number of aliphatic hydroxyl groups is 11. The minimum Gasteiger partial charge on any atom is -0.513 e. The number of fused-ring (bicyclic) bond motifs is 1. The summed E-state index contributed by atoms with van der Waals surface area (Å²) in [7, 11) is 0. The van der Waals surface area contributed by atoms with Gasteiger partial charge in [-0.05, 0) is 38.7 Å². The van der Waals surface area contributed by atoms with Gasteiger partial charge in [-0.15, -0.1) is 0 Å². The maximum atomic E-state index is 14.4. The summed E-state index contributed by atoms with van der Waals surface area (Å²) in [6, 6.07) is 0. The molecule has 0 aromatic heterocycles. The van der Waals surface area contributed by atoms with Gasteiger partial charge in [-0.1, -0.05) is 0 Å². The molecule has 19 heteroatoms. The van der Waals surface area contributed by atoms with Crippen molar-refractivity contribution >= 4 is 5.78 Å². The minimum absolute atomic E-state index is 0.0521. The number of Topliss-reactive ketones (excluding diaryl/α,β-unsaturated/α-hetero) is 1. The summed E-state index contributed by atoms with van der Waals surface area (Å²) in [5.41, 5.74) is 0. The molecule has 52 heavy (non-hydrogen) atoms. The molecule has 0 aromatic rings. The number of aliphatic hydroxyl groups excluding tert-OH is 11. The van der Waals surface area contributed by atoms with Crippen molar-refractivity contribution in [2.24, 2.45) is 11.8 Å². The maximum Gasteiger partial charge on any atom is 0.188 e. The van der Waals surface area contributed by atoms with Crippen molar-refractivity contribution in [3.8, 4) is 0 Å². The Morgan fingerprint density at radius 1 is 0.712 bits per heavy atom. The van der Waals surface area contributed by atoms with Crippen LogP contribution in [0.5, 0.6) is 0 Å². The van der Waals surface area contributed by atoms with Crippen LogP contribution >= 0.6 is 0 Å². The second-order valence-electron chi connectivity index (χ2n) is 14.8. The van der Waals surface area contributed by atoms with Crippen LogP contribution in [0.1, 0.15) is 46.0 Å². The zero-order valence-electron chi connectivity index (χ0n) is 28.7. The van der Waals surface area contributed by atoms with E-state index in [-0.39, 0.29) is 31.4 Å². The predicted molar refractivity (Wildman–Crippen MR) is 168 cm³/mol. The van der Waals surface area contributed by atoms with Crippen LogP contribution in [0.15, 0.2) is 11.8 Å². The van der Waals surface area contributed by atoms with Crippen molar-refractivity contribution in [1.82, 2.24) is 0 Å². The molecular weight excluding hydrogens is 700 g/mol. The molecule has 22 atom stereocenters. The highest BCUT2D eigenvalue weighted by molar-refractivity contribution is 5.88. The number of hydrogen-bond donors (Lipinski definition) is 11. The van der Waals surface area contributed by atoms with Gasteiger partial charge in [0, 0.05) is 19.3 Å². The average Bonchev–Trinajstić information content (AvgIpc) is 3.11. The number of ether oxygens (including phenoxy) is 7. The van der Waals surface area contributed by atoms with Gasteiger partial charge in [-0.3, -0.25) is 4.79 Å². The van der Waals surface area contributed by atoms with E-state index >= 15 is 0 Å². The molecule has 6 aliphatic rings. The normalized spacial score (nSPS) is 53.2. The van der Waals surface area contributed by atoms with Gasteiger partial charge < -0.3 is 89.3 Å². The quantitative estimate of drug-likeness (QED) is 0.111. The molecule has 0 radical (unpaired) electrons. The van der Waals surface area contributed by atoms with Gasteiger partial charge in [0.1, 0.15) is 67.1 Å². The van der Waals surface area contributed by atoms with Crippen molar-refractivity contribution in [2.75, 3.05) is 6.61 Å². The zero-order valence-corrected chi connectivity index (χ0v) is 28.7. The molecule has 5 fully saturated rings. The number of carbonyl (C=O) groups excluding carboxylic acids is 1. The van der Waals surface area contributed by atoms with Crippen LogP contribution < -0.4 is 0 Å². The molecule has 0 amide bonds. The van der Waals surface area contributed by atoms with E-state index in [0.29, 0.717) is 6.42 Å². The van der Waals surface area contributed by atoms with Gasteiger partial charge in [0.25, 0.3) is 0 Å². The number of ketones is 1. The van der Waals surface area contributed by atoms with Crippen LogP contribution in [0.2, 0.25) is 0 Å². The topological polar surface area (TPSA) is 304 Å². The Bertz CT molecular complexity index is 1260. The van der Waals surface area contributed by atoms with E-state index in [1.807, 2.05) is 0 Å². The van der Waals surface area contributed by atoms with E-state index in [9.17, 15) is 61.0 Å². The lowest BCUT2D eigenvalue weighted by atomic mass is 9.73. The van der Waals surface area contributed by atoms with Crippen molar-refractivity contribution in [1.29, 1.82) is 0 Å². The summed E-state index contributed by atoms with van der Waals surface area (Å²) in [6.45, 7) is 2.13. The molecule has 11 N–H and O–H groups in total. The third-order valence-electron chi connectivity index (χ3n) is 11.3. The van der Waals surface area contributed by atoms with Crippen molar-refractivity contribution in [3.63, 3.8) is 0 Å². The van der Waals surface area contributed by atoms with E-state index in [2.05, 4.69) is 0 Å². The van der Waals surface area contributed by atoms with Crippen LogP contribution in [0.3, 0.4) is 0 Å². The van der Waals surface area contributed by atoms with E-state index < -0.39 is 147 Å². The first kappa shape index (κ1) is 40.2. The first-order chi connectivity index (χ1) is 24.6. The molecule has 4 heterocycles. The van der Waals surface area contributed by atoms with Crippen molar-refractivity contribution in [2.45, 2.75) is 169 Å². The molecule has 4 saturated heterocycles. The summed E-state index contributed by atoms with van der Waals surface area (Å²) >= 11 is 0. The molecule has 298 valence electrons. The molecule has 7 unspecified atom stereocenters. The SMILES string of the molecule is C[C@@H]1O[C@@H](OC2CC(O)C3C(=O)C(O[C@@H]4O[C@H](CO)[C@@H](O)[C@H](O)[C@H]4O[C@@H]4O[C@@H](C)[C@H](O)[C@@H](O)[C@H]4O)C(C4CC=C(O)CC4)OC3C2)[C@H](O)[C@H](O)[C@H]1O. The van der Waals surface area contributed by atoms with Crippen LogP contribution in [0.4, 0.5) is 0 Å². The summed E-state index contributed by atoms with van der Waals surface area (Å²) < 4.78 is 41.5. The number of carbonyl (C=O) groups is 1. The first-order valence-electron chi connectivity index (χ1n) is 17.8. The summed E-state index contributed by atoms with van der Waals surface area (Å²) in [6.07, 6.45) is -26.0.